The first-order chi connectivity index (χ1) is 8.97. The second kappa shape index (κ2) is 5.88. The Hall–Kier alpha value is -1.13. The van der Waals surface area contributed by atoms with Gasteiger partial charge in [0.1, 0.15) is 0 Å². The lowest BCUT2D eigenvalue weighted by atomic mass is 10.1. The van der Waals surface area contributed by atoms with Crippen molar-refractivity contribution in [3.8, 4) is 0 Å². The molecule has 19 heavy (non-hydrogen) atoms. The van der Waals surface area contributed by atoms with Crippen molar-refractivity contribution in [1.82, 2.24) is 0 Å². The van der Waals surface area contributed by atoms with Gasteiger partial charge in [0, 0.05) is 27.3 Å². The highest BCUT2D eigenvalue weighted by Gasteiger charge is 2.11. The highest BCUT2D eigenvalue weighted by atomic mass is 79.9. The van der Waals surface area contributed by atoms with E-state index in [0.29, 0.717) is 10.7 Å². The largest absolute Gasteiger partial charge is 0.378 e. The van der Waals surface area contributed by atoms with Gasteiger partial charge in [-0.3, -0.25) is 0 Å². The Kier molecular flexibility index (Phi) is 4.42. The van der Waals surface area contributed by atoms with Gasteiger partial charge in [0.25, 0.3) is 0 Å². The molecular weight excluding hydrogens is 336 g/mol. The lowest BCUT2D eigenvalue weighted by Crippen LogP contribution is -2.07. The number of halogens is 4. The molecule has 2 aromatic rings. The number of anilines is 1. The SMILES string of the molecule is CC(Nc1ccc(F)c(F)c1)c1ccc(Br)cc1Cl. The van der Waals surface area contributed by atoms with Crippen LogP contribution in [0.5, 0.6) is 0 Å². The first-order valence-electron chi connectivity index (χ1n) is 5.64. The van der Waals surface area contributed by atoms with Gasteiger partial charge in [-0.1, -0.05) is 33.6 Å². The van der Waals surface area contributed by atoms with Gasteiger partial charge in [0.05, 0.1) is 0 Å². The first kappa shape index (κ1) is 14.3. The van der Waals surface area contributed by atoms with Gasteiger partial charge in [-0.15, -0.1) is 0 Å². The van der Waals surface area contributed by atoms with Crippen molar-refractivity contribution in [2.24, 2.45) is 0 Å². The fourth-order valence-electron chi connectivity index (χ4n) is 1.77. The van der Waals surface area contributed by atoms with Crippen LogP contribution in [0, 0.1) is 11.6 Å². The van der Waals surface area contributed by atoms with Crippen molar-refractivity contribution in [2.45, 2.75) is 13.0 Å². The van der Waals surface area contributed by atoms with Crippen LogP contribution in [0.1, 0.15) is 18.5 Å². The standard InChI is InChI=1S/C14H11BrClF2N/c1-8(11-4-2-9(15)6-12(11)16)19-10-3-5-13(17)14(18)7-10/h2-8,19H,1H3. The van der Waals surface area contributed by atoms with E-state index in [-0.39, 0.29) is 6.04 Å². The van der Waals surface area contributed by atoms with Gasteiger partial charge >= 0.3 is 0 Å². The average Bonchev–Trinajstić information content (AvgIpc) is 2.33. The van der Waals surface area contributed by atoms with Crippen molar-refractivity contribution in [1.29, 1.82) is 0 Å². The molecule has 0 aliphatic rings. The quantitative estimate of drug-likeness (QED) is 0.768. The van der Waals surface area contributed by atoms with E-state index in [4.69, 9.17) is 11.6 Å². The molecule has 2 rings (SSSR count). The van der Waals surface area contributed by atoms with Crippen LogP contribution in [0.25, 0.3) is 0 Å². The molecule has 0 radical (unpaired) electrons. The van der Waals surface area contributed by atoms with Gasteiger partial charge < -0.3 is 5.32 Å². The molecule has 0 fully saturated rings. The summed E-state index contributed by atoms with van der Waals surface area (Å²) in [7, 11) is 0. The molecule has 1 unspecified atom stereocenters. The molecular formula is C14H11BrClF2N. The molecule has 0 heterocycles. The van der Waals surface area contributed by atoms with Crippen LogP contribution in [-0.2, 0) is 0 Å². The zero-order valence-electron chi connectivity index (χ0n) is 10.1. The predicted molar refractivity (Wildman–Crippen MR) is 77.5 cm³/mol. The number of benzene rings is 2. The number of hydrogen-bond donors (Lipinski definition) is 1. The van der Waals surface area contributed by atoms with Crippen molar-refractivity contribution in [2.75, 3.05) is 5.32 Å². The van der Waals surface area contributed by atoms with Crippen LogP contribution < -0.4 is 5.32 Å². The average molecular weight is 347 g/mol. The number of nitrogens with one attached hydrogen (secondary N) is 1. The van der Waals surface area contributed by atoms with E-state index in [2.05, 4.69) is 21.2 Å². The van der Waals surface area contributed by atoms with Gasteiger partial charge in [-0.25, -0.2) is 8.78 Å². The predicted octanol–water partition coefficient (Wildman–Crippen LogP) is 5.55. The summed E-state index contributed by atoms with van der Waals surface area (Å²) in [4.78, 5) is 0. The third-order valence-electron chi connectivity index (χ3n) is 2.73. The van der Waals surface area contributed by atoms with E-state index in [1.807, 2.05) is 19.1 Å². The van der Waals surface area contributed by atoms with Crippen LogP contribution in [0.15, 0.2) is 40.9 Å². The van der Waals surface area contributed by atoms with Crippen molar-refractivity contribution in [3.63, 3.8) is 0 Å². The lowest BCUT2D eigenvalue weighted by molar-refractivity contribution is 0.509. The van der Waals surface area contributed by atoms with Gasteiger partial charge in [0.2, 0.25) is 0 Å². The van der Waals surface area contributed by atoms with Crippen LogP contribution in [0.4, 0.5) is 14.5 Å². The number of rotatable bonds is 3. The summed E-state index contributed by atoms with van der Waals surface area (Å²) in [5.74, 6) is -1.74. The Morgan fingerprint density at radius 1 is 1.11 bits per heavy atom. The zero-order chi connectivity index (χ0) is 14.0. The highest BCUT2D eigenvalue weighted by molar-refractivity contribution is 9.10. The molecule has 0 aliphatic carbocycles. The molecule has 100 valence electrons. The molecule has 1 N–H and O–H groups in total. The fourth-order valence-corrected chi connectivity index (χ4v) is 2.60. The second-order valence-corrected chi connectivity index (χ2v) is 5.48. The Morgan fingerprint density at radius 3 is 2.47 bits per heavy atom. The van der Waals surface area contributed by atoms with E-state index in [1.54, 1.807) is 6.07 Å². The summed E-state index contributed by atoms with van der Waals surface area (Å²) in [6.45, 7) is 1.90. The molecule has 5 heteroatoms. The van der Waals surface area contributed by atoms with Crippen LogP contribution in [0.2, 0.25) is 5.02 Å². The maximum Gasteiger partial charge on any atom is 0.160 e. The Balaban J connectivity index is 2.20. The van der Waals surface area contributed by atoms with Gasteiger partial charge in [-0.2, -0.15) is 0 Å². The molecule has 0 bridgehead atoms. The van der Waals surface area contributed by atoms with E-state index in [9.17, 15) is 8.78 Å². The summed E-state index contributed by atoms with van der Waals surface area (Å²) in [6.07, 6.45) is 0. The fraction of sp³-hybridized carbons (Fsp3) is 0.143. The smallest absolute Gasteiger partial charge is 0.160 e. The maximum absolute atomic E-state index is 13.1. The van der Waals surface area contributed by atoms with Crippen LogP contribution in [0.3, 0.4) is 0 Å². The monoisotopic (exact) mass is 345 g/mol. The van der Waals surface area contributed by atoms with E-state index in [0.717, 1.165) is 22.2 Å². The molecule has 0 saturated carbocycles. The summed E-state index contributed by atoms with van der Waals surface area (Å²) in [5.41, 5.74) is 1.39. The van der Waals surface area contributed by atoms with Crippen LogP contribution in [-0.4, -0.2) is 0 Å². The lowest BCUT2D eigenvalue weighted by Gasteiger charge is -2.17. The number of hydrogen-bond acceptors (Lipinski definition) is 1. The summed E-state index contributed by atoms with van der Waals surface area (Å²) in [6, 6.07) is 9.13. The van der Waals surface area contributed by atoms with Crippen molar-refractivity contribution in [3.05, 3.63) is 63.1 Å². The first-order valence-corrected chi connectivity index (χ1v) is 6.81. The minimum Gasteiger partial charge on any atom is -0.378 e. The molecule has 0 saturated heterocycles. The van der Waals surface area contributed by atoms with Crippen molar-refractivity contribution < 1.29 is 8.78 Å². The Bertz CT molecular complexity index is 604. The minimum atomic E-state index is -0.876. The molecule has 0 amide bonds. The maximum atomic E-state index is 13.1. The minimum absolute atomic E-state index is 0.120. The van der Waals surface area contributed by atoms with Gasteiger partial charge in [0.15, 0.2) is 11.6 Å². The van der Waals surface area contributed by atoms with Crippen LogP contribution >= 0.6 is 27.5 Å². The summed E-state index contributed by atoms with van der Waals surface area (Å²) < 4.78 is 26.8. The second-order valence-electron chi connectivity index (χ2n) is 4.16. The normalized spacial score (nSPS) is 12.3. The van der Waals surface area contributed by atoms with E-state index in [1.165, 1.54) is 6.07 Å². The Labute approximate surface area is 123 Å². The third-order valence-corrected chi connectivity index (χ3v) is 3.55. The molecule has 2 aromatic carbocycles. The molecule has 0 aromatic heterocycles. The third kappa shape index (κ3) is 3.45. The molecule has 0 aliphatic heterocycles. The Morgan fingerprint density at radius 2 is 1.84 bits per heavy atom. The highest BCUT2D eigenvalue weighted by Crippen LogP contribution is 2.28. The molecule has 0 spiro atoms. The topological polar surface area (TPSA) is 12.0 Å². The van der Waals surface area contributed by atoms with E-state index >= 15 is 0 Å². The summed E-state index contributed by atoms with van der Waals surface area (Å²) in [5, 5.41) is 3.69. The van der Waals surface area contributed by atoms with Crippen molar-refractivity contribution >= 4 is 33.2 Å². The van der Waals surface area contributed by atoms with Gasteiger partial charge in [-0.05, 0) is 36.8 Å². The zero-order valence-corrected chi connectivity index (χ0v) is 12.4. The van der Waals surface area contributed by atoms with E-state index < -0.39 is 11.6 Å². The summed E-state index contributed by atoms with van der Waals surface area (Å²) >= 11 is 9.48. The molecule has 1 nitrogen and oxygen atoms in total. The molecule has 1 atom stereocenters.